The van der Waals surface area contributed by atoms with E-state index in [0.717, 1.165) is 16.8 Å². The first-order chi connectivity index (χ1) is 14.2. The van der Waals surface area contributed by atoms with Gasteiger partial charge in [-0.25, -0.2) is 4.79 Å². The molecule has 2 heterocycles. The van der Waals surface area contributed by atoms with E-state index in [1.54, 1.807) is 16.6 Å². The first-order valence-electron chi connectivity index (χ1n) is 9.22. The van der Waals surface area contributed by atoms with Crippen LogP contribution >= 0.6 is 0 Å². The van der Waals surface area contributed by atoms with E-state index in [9.17, 15) is 4.79 Å². The second-order valence-electron chi connectivity index (χ2n) is 6.38. The topological polar surface area (TPSA) is 93.4 Å². The van der Waals surface area contributed by atoms with Crippen molar-refractivity contribution in [1.29, 1.82) is 0 Å². The maximum atomic E-state index is 12.0. The molecule has 4 aromatic rings. The number of anilines is 1. The van der Waals surface area contributed by atoms with Crippen LogP contribution in [0, 0.1) is 6.92 Å². The Bertz CT molecular complexity index is 1130. The number of amides is 2. The molecule has 0 aliphatic rings. The summed E-state index contributed by atoms with van der Waals surface area (Å²) in [4.78, 5) is 12.0. The maximum Gasteiger partial charge on any atom is 0.319 e. The van der Waals surface area contributed by atoms with Gasteiger partial charge < -0.3 is 15.4 Å². The van der Waals surface area contributed by atoms with Gasteiger partial charge in [0.25, 0.3) is 0 Å². The van der Waals surface area contributed by atoms with Crippen LogP contribution in [0.5, 0.6) is 5.88 Å². The molecule has 0 radical (unpaired) electrons. The summed E-state index contributed by atoms with van der Waals surface area (Å²) in [6.07, 6.45) is 0. The van der Waals surface area contributed by atoms with Gasteiger partial charge in [-0.3, -0.25) is 0 Å². The molecule has 2 aromatic carbocycles. The molecule has 8 nitrogen and oxygen atoms in total. The quantitative estimate of drug-likeness (QED) is 0.494. The van der Waals surface area contributed by atoms with E-state index in [4.69, 9.17) is 4.74 Å². The first kappa shape index (κ1) is 18.4. The van der Waals surface area contributed by atoms with Crippen molar-refractivity contribution in [2.75, 3.05) is 18.5 Å². The zero-order valence-corrected chi connectivity index (χ0v) is 15.9. The summed E-state index contributed by atoms with van der Waals surface area (Å²) >= 11 is 0. The zero-order chi connectivity index (χ0) is 20.1. The molecule has 0 saturated heterocycles. The van der Waals surface area contributed by atoms with Crippen molar-refractivity contribution in [1.82, 2.24) is 25.1 Å². The van der Waals surface area contributed by atoms with E-state index in [-0.39, 0.29) is 12.6 Å². The fraction of sp³-hybridized carbons (Fsp3) is 0.143. The number of carbonyl (C=O) groups is 1. The number of aromatic nitrogens is 4. The van der Waals surface area contributed by atoms with Crippen LogP contribution in [0.2, 0.25) is 0 Å². The molecule has 0 aliphatic heterocycles. The van der Waals surface area contributed by atoms with Crippen molar-refractivity contribution in [2.45, 2.75) is 6.92 Å². The Hall–Kier alpha value is -3.94. The summed E-state index contributed by atoms with van der Waals surface area (Å²) in [5.74, 6) is 1.07. The fourth-order valence-electron chi connectivity index (χ4n) is 2.82. The SMILES string of the molecule is Cc1ccccc1NC(=O)NCCOc1ccc2nnc(-c3ccccc3)n2n1. The summed E-state index contributed by atoms with van der Waals surface area (Å²) in [6, 6.07) is 20.5. The Morgan fingerprint density at radius 3 is 2.62 bits per heavy atom. The number of nitrogens with zero attached hydrogens (tertiary/aromatic N) is 4. The molecule has 0 atom stereocenters. The van der Waals surface area contributed by atoms with Gasteiger partial charge in [-0.15, -0.1) is 15.3 Å². The van der Waals surface area contributed by atoms with Crippen LogP contribution in [0.15, 0.2) is 66.7 Å². The molecule has 0 bridgehead atoms. The lowest BCUT2D eigenvalue weighted by atomic mass is 10.2. The molecule has 2 aromatic heterocycles. The van der Waals surface area contributed by atoms with E-state index < -0.39 is 0 Å². The minimum atomic E-state index is -0.281. The van der Waals surface area contributed by atoms with E-state index in [2.05, 4.69) is 25.9 Å². The lowest BCUT2D eigenvalue weighted by Gasteiger charge is -2.10. The molecule has 0 aliphatic carbocycles. The second kappa shape index (κ2) is 8.39. The number of hydrogen-bond acceptors (Lipinski definition) is 5. The first-order valence-corrected chi connectivity index (χ1v) is 9.22. The molecule has 0 spiro atoms. The third kappa shape index (κ3) is 4.32. The van der Waals surface area contributed by atoms with E-state index in [1.807, 2.05) is 61.5 Å². The Morgan fingerprint density at radius 1 is 1.00 bits per heavy atom. The van der Waals surface area contributed by atoms with Crippen molar-refractivity contribution in [3.05, 3.63) is 72.3 Å². The minimum Gasteiger partial charge on any atom is -0.475 e. The monoisotopic (exact) mass is 388 g/mol. The number of para-hydroxylation sites is 1. The third-order valence-corrected chi connectivity index (χ3v) is 4.30. The molecule has 0 unspecified atom stereocenters. The van der Waals surface area contributed by atoms with Gasteiger partial charge in [0.2, 0.25) is 5.88 Å². The number of rotatable bonds is 6. The smallest absolute Gasteiger partial charge is 0.319 e. The van der Waals surface area contributed by atoms with Crippen LogP contribution in [-0.4, -0.2) is 39.0 Å². The van der Waals surface area contributed by atoms with Crippen molar-refractivity contribution < 1.29 is 9.53 Å². The standard InChI is InChI=1S/C21H20N6O2/c1-15-7-5-6-10-17(15)23-21(28)22-13-14-29-19-12-11-18-24-25-20(27(18)26-19)16-8-3-2-4-9-16/h2-12H,13-14H2,1H3,(H2,22,23,28). The number of aryl methyl sites for hydroxylation is 1. The molecule has 0 saturated carbocycles. The Balaban J connectivity index is 1.34. The summed E-state index contributed by atoms with van der Waals surface area (Å²) in [5, 5.41) is 18.4. The molecule has 146 valence electrons. The number of ether oxygens (including phenoxy) is 1. The molecule has 2 N–H and O–H groups in total. The average molecular weight is 388 g/mol. The van der Waals surface area contributed by atoms with Crippen LogP contribution in [0.3, 0.4) is 0 Å². The van der Waals surface area contributed by atoms with Gasteiger partial charge in [0.05, 0.1) is 6.54 Å². The lowest BCUT2D eigenvalue weighted by molar-refractivity contribution is 0.246. The largest absolute Gasteiger partial charge is 0.475 e. The third-order valence-electron chi connectivity index (χ3n) is 4.30. The predicted octanol–water partition coefficient (Wildman–Crippen LogP) is 3.30. The highest BCUT2D eigenvalue weighted by Crippen LogP contribution is 2.18. The van der Waals surface area contributed by atoms with Crippen LogP contribution in [-0.2, 0) is 0 Å². The van der Waals surface area contributed by atoms with Gasteiger partial charge in [0.1, 0.15) is 6.61 Å². The normalized spacial score (nSPS) is 10.7. The van der Waals surface area contributed by atoms with E-state index in [0.29, 0.717) is 23.9 Å². The highest BCUT2D eigenvalue weighted by atomic mass is 16.5. The highest BCUT2D eigenvalue weighted by molar-refractivity contribution is 5.89. The number of fused-ring (bicyclic) bond motifs is 1. The van der Waals surface area contributed by atoms with E-state index >= 15 is 0 Å². The molecule has 2 amide bonds. The van der Waals surface area contributed by atoms with Gasteiger partial charge in [-0.2, -0.15) is 4.52 Å². The number of benzene rings is 2. The summed E-state index contributed by atoms with van der Waals surface area (Å²) in [5.41, 5.74) is 3.32. The fourth-order valence-corrected chi connectivity index (χ4v) is 2.82. The second-order valence-corrected chi connectivity index (χ2v) is 6.38. The minimum absolute atomic E-state index is 0.280. The Labute approximate surface area is 167 Å². The van der Waals surface area contributed by atoms with Crippen LogP contribution < -0.4 is 15.4 Å². The molecular formula is C21H20N6O2. The number of carbonyl (C=O) groups excluding carboxylic acids is 1. The van der Waals surface area contributed by atoms with Crippen LogP contribution in [0.25, 0.3) is 17.0 Å². The zero-order valence-electron chi connectivity index (χ0n) is 15.9. The number of hydrogen-bond donors (Lipinski definition) is 2. The highest BCUT2D eigenvalue weighted by Gasteiger charge is 2.10. The summed E-state index contributed by atoms with van der Waals surface area (Å²) in [6.45, 7) is 2.56. The summed E-state index contributed by atoms with van der Waals surface area (Å²) in [7, 11) is 0. The van der Waals surface area contributed by atoms with Crippen LogP contribution in [0.4, 0.5) is 10.5 Å². The molecule has 29 heavy (non-hydrogen) atoms. The van der Waals surface area contributed by atoms with Crippen molar-refractivity contribution >= 4 is 17.4 Å². The van der Waals surface area contributed by atoms with Crippen LogP contribution in [0.1, 0.15) is 5.56 Å². The molecule has 0 fully saturated rings. The average Bonchev–Trinajstić information content (AvgIpc) is 3.17. The van der Waals surface area contributed by atoms with Gasteiger partial charge in [-0.1, -0.05) is 48.5 Å². The van der Waals surface area contributed by atoms with Crippen molar-refractivity contribution in [3.8, 4) is 17.3 Å². The van der Waals surface area contributed by atoms with Gasteiger partial charge >= 0.3 is 6.03 Å². The number of urea groups is 1. The summed E-state index contributed by atoms with van der Waals surface area (Å²) < 4.78 is 7.31. The van der Waals surface area contributed by atoms with E-state index in [1.165, 1.54) is 0 Å². The lowest BCUT2D eigenvalue weighted by Crippen LogP contribution is -2.32. The molecular weight excluding hydrogens is 368 g/mol. The predicted molar refractivity (Wildman–Crippen MR) is 110 cm³/mol. The molecule has 4 rings (SSSR count). The Kier molecular flexibility index (Phi) is 5.33. The van der Waals surface area contributed by atoms with Gasteiger partial charge in [0.15, 0.2) is 11.5 Å². The van der Waals surface area contributed by atoms with Crippen molar-refractivity contribution in [3.63, 3.8) is 0 Å². The molecule has 8 heteroatoms. The number of nitrogens with one attached hydrogen (secondary N) is 2. The van der Waals surface area contributed by atoms with Gasteiger partial charge in [0, 0.05) is 17.3 Å². The van der Waals surface area contributed by atoms with Crippen molar-refractivity contribution in [2.24, 2.45) is 0 Å². The maximum absolute atomic E-state index is 12.0. The Morgan fingerprint density at radius 2 is 1.79 bits per heavy atom. The van der Waals surface area contributed by atoms with Gasteiger partial charge in [-0.05, 0) is 24.6 Å².